The Balaban J connectivity index is 1.83. The van der Waals surface area contributed by atoms with Gasteiger partial charge in [-0.25, -0.2) is 9.18 Å². The van der Waals surface area contributed by atoms with Crippen LogP contribution in [0.25, 0.3) is 0 Å². The highest BCUT2D eigenvalue weighted by Gasteiger charge is 2.21. The van der Waals surface area contributed by atoms with Gasteiger partial charge >= 0.3 is 6.03 Å². The van der Waals surface area contributed by atoms with Gasteiger partial charge in [0, 0.05) is 18.2 Å². The van der Waals surface area contributed by atoms with Gasteiger partial charge in [0.1, 0.15) is 10.7 Å². The Hall–Kier alpha value is -2.60. The highest BCUT2D eigenvalue weighted by molar-refractivity contribution is 7.15. The Morgan fingerprint density at radius 1 is 1.32 bits per heavy atom. The first-order valence-corrected chi connectivity index (χ1v) is 9.81. The van der Waals surface area contributed by atoms with Crippen molar-refractivity contribution < 1.29 is 14.0 Å². The Morgan fingerprint density at radius 2 is 2.14 bits per heavy atom. The van der Waals surface area contributed by atoms with Crippen molar-refractivity contribution in [3.63, 3.8) is 0 Å². The van der Waals surface area contributed by atoms with Crippen LogP contribution in [0.1, 0.15) is 33.0 Å². The van der Waals surface area contributed by atoms with Gasteiger partial charge in [-0.3, -0.25) is 4.79 Å². The van der Waals surface area contributed by atoms with E-state index < -0.39 is 11.8 Å². The van der Waals surface area contributed by atoms with Crippen LogP contribution >= 0.6 is 22.9 Å². The van der Waals surface area contributed by atoms with E-state index in [0.717, 1.165) is 30.7 Å². The standard InChI is InChI=1S/C19H18ClFN4O2S/c20-14-6-4-11(8-15(14)21)3-5-13-9-16(25-19(22)27)17(28-13)18(26)24-12-2-1-7-23-10-12/h4,6,8-9,12,23H,1-2,7,10H2,(H,24,26)(H3,22,25,27)/t12-/m0/s1. The maximum absolute atomic E-state index is 13.5. The van der Waals surface area contributed by atoms with Gasteiger partial charge in [-0.1, -0.05) is 23.4 Å². The van der Waals surface area contributed by atoms with Gasteiger partial charge in [0.15, 0.2) is 0 Å². The molecule has 2 heterocycles. The molecule has 0 bridgehead atoms. The van der Waals surface area contributed by atoms with E-state index in [1.165, 1.54) is 12.1 Å². The van der Waals surface area contributed by atoms with Crippen molar-refractivity contribution in [2.24, 2.45) is 5.73 Å². The monoisotopic (exact) mass is 420 g/mol. The molecule has 0 radical (unpaired) electrons. The molecule has 146 valence electrons. The minimum atomic E-state index is -0.773. The van der Waals surface area contributed by atoms with Crippen molar-refractivity contribution in [2.45, 2.75) is 18.9 Å². The van der Waals surface area contributed by atoms with E-state index in [2.05, 4.69) is 27.8 Å². The number of primary amides is 1. The first kappa shape index (κ1) is 20.1. The van der Waals surface area contributed by atoms with E-state index >= 15 is 0 Å². The summed E-state index contributed by atoms with van der Waals surface area (Å²) >= 11 is 6.79. The lowest BCUT2D eigenvalue weighted by Crippen LogP contribution is -2.45. The number of urea groups is 1. The molecule has 3 rings (SSSR count). The molecule has 1 aliphatic heterocycles. The predicted molar refractivity (Wildman–Crippen MR) is 108 cm³/mol. The molecule has 1 aromatic heterocycles. The third-order valence-corrected chi connectivity index (χ3v) is 5.43. The topological polar surface area (TPSA) is 96.2 Å². The molecule has 1 fully saturated rings. The number of hydrogen-bond donors (Lipinski definition) is 4. The van der Waals surface area contributed by atoms with E-state index in [0.29, 0.717) is 27.5 Å². The van der Waals surface area contributed by atoms with Crippen LogP contribution in [0.15, 0.2) is 24.3 Å². The summed E-state index contributed by atoms with van der Waals surface area (Å²) in [7, 11) is 0. The minimum Gasteiger partial charge on any atom is -0.351 e. The zero-order chi connectivity index (χ0) is 20.1. The number of halogens is 2. The number of nitrogens with one attached hydrogen (secondary N) is 3. The van der Waals surface area contributed by atoms with Crippen molar-refractivity contribution in [1.29, 1.82) is 0 Å². The van der Waals surface area contributed by atoms with Gasteiger partial charge < -0.3 is 21.7 Å². The number of rotatable bonds is 3. The van der Waals surface area contributed by atoms with Gasteiger partial charge in [-0.2, -0.15) is 0 Å². The van der Waals surface area contributed by atoms with Crippen molar-refractivity contribution in [2.75, 3.05) is 18.4 Å². The zero-order valence-corrected chi connectivity index (χ0v) is 16.3. The van der Waals surface area contributed by atoms with Crippen LogP contribution in [0.2, 0.25) is 5.02 Å². The number of benzene rings is 1. The summed E-state index contributed by atoms with van der Waals surface area (Å²) in [5.74, 6) is 4.84. The number of nitrogens with two attached hydrogens (primary N) is 1. The van der Waals surface area contributed by atoms with Gasteiger partial charge in [0.05, 0.1) is 15.6 Å². The lowest BCUT2D eigenvalue weighted by Gasteiger charge is -2.23. The van der Waals surface area contributed by atoms with Crippen LogP contribution in [0, 0.1) is 17.7 Å². The number of hydrogen-bond acceptors (Lipinski definition) is 4. The number of carbonyl (C=O) groups is 2. The molecule has 0 aliphatic carbocycles. The van der Waals surface area contributed by atoms with Crippen LogP contribution in [-0.4, -0.2) is 31.1 Å². The smallest absolute Gasteiger partial charge is 0.316 e. The van der Waals surface area contributed by atoms with Gasteiger partial charge in [-0.05, 0) is 43.7 Å². The number of amides is 3. The summed E-state index contributed by atoms with van der Waals surface area (Å²) in [5.41, 5.74) is 5.95. The predicted octanol–water partition coefficient (Wildman–Crippen LogP) is 2.91. The van der Waals surface area contributed by atoms with E-state index in [1.807, 2.05) is 0 Å². The number of thiophene rings is 1. The summed E-state index contributed by atoms with van der Waals surface area (Å²) in [6.45, 7) is 1.63. The van der Waals surface area contributed by atoms with E-state index in [9.17, 15) is 14.0 Å². The van der Waals surface area contributed by atoms with E-state index in [1.54, 1.807) is 12.1 Å². The molecule has 6 nitrogen and oxygen atoms in total. The van der Waals surface area contributed by atoms with Crippen LogP contribution in [0.5, 0.6) is 0 Å². The summed E-state index contributed by atoms with van der Waals surface area (Å²) in [6.07, 6.45) is 1.87. The molecule has 1 saturated heterocycles. The van der Waals surface area contributed by atoms with Crippen LogP contribution < -0.4 is 21.7 Å². The molecule has 5 N–H and O–H groups in total. The Bertz CT molecular complexity index is 961. The second-order valence-electron chi connectivity index (χ2n) is 6.24. The third-order valence-electron chi connectivity index (χ3n) is 4.08. The fraction of sp³-hybridized carbons (Fsp3) is 0.263. The second kappa shape index (κ2) is 9.06. The SMILES string of the molecule is NC(=O)Nc1cc(C#Cc2ccc(Cl)c(F)c2)sc1C(=O)N[C@H]1CCCNC1. The molecular formula is C19H18ClFN4O2S. The average Bonchev–Trinajstić information content (AvgIpc) is 3.05. The fourth-order valence-corrected chi connectivity index (χ4v) is 3.77. The highest BCUT2D eigenvalue weighted by Crippen LogP contribution is 2.27. The molecule has 1 aromatic carbocycles. The lowest BCUT2D eigenvalue weighted by molar-refractivity contribution is 0.0935. The van der Waals surface area contributed by atoms with Crippen molar-refractivity contribution in [3.8, 4) is 11.8 Å². The number of anilines is 1. The molecule has 0 spiro atoms. The van der Waals surface area contributed by atoms with Crippen molar-refractivity contribution in [3.05, 3.63) is 50.4 Å². The molecule has 2 aromatic rings. The summed E-state index contributed by atoms with van der Waals surface area (Å²) in [6, 6.07) is 5.07. The van der Waals surface area contributed by atoms with Crippen molar-refractivity contribution >= 4 is 40.6 Å². The Labute approximate surface area is 170 Å². The van der Waals surface area contributed by atoms with Gasteiger partial charge in [0.2, 0.25) is 0 Å². The molecular weight excluding hydrogens is 403 g/mol. The lowest BCUT2D eigenvalue weighted by atomic mass is 10.1. The summed E-state index contributed by atoms with van der Waals surface area (Å²) < 4.78 is 13.5. The van der Waals surface area contributed by atoms with E-state index in [4.69, 9.17) is 17.3 Å². The van der Waals surface area contributed by atoms with Crippen LogP contribution in [0.3, 0.4) is 0 Å². The maximum atomic E-state index is 13.5. The zero-order valence-electron chi connectivity index (χ0n) is 14.8. The highest BCUT2D eigenvalue weighted by atomic mass is 35.5. The van der Waals surface area contributed by atoms with Gasteiger partial charge in [-0.15, -0.1) is 11.3 Å². The van der Waals surface area contributed by atoms with Crippen LogP contribution in [0.4, 0.5) is 14.9 Å². The maximum Gasteiger partial charge on any atom is 0.316 e. The molecule has 0 unspecified atom stereocenters. The molecule has 0 saturated carbocycles. The first-order chi connectivity index (χ1) is 13.4. The minimum absolute atomic E-state index is 0.0192. The summed E-state index contributed by atoms with van der Waals surface area (Å²) in [4.78, 5) is 24.8. The fourth-order valence-electron chi connectivity index (χ4n) is 2.78. The Morgan fingerprint density at radius 3 is 2.82 bits per heavy atom. The second-order valence-corrected chi connectivity index (χ2v) is 7.70. The number of carbonyl (C=O) groups excluding carboxylic acids is 2. The molecule has 1 atom stereocenters. The summed E-state index contributed by atoms with van der Waals surface area (Å²) in [5, 5.41) is 8.65. The van der Waals surface area contributed by atoms with E-state index in [-0.39, 0.29) is 17.0 Å². The molecule has 3 amide bonds. The van der Waals surface area contributed by atoms with Crippen molar-refractivity contribution in [1.82, 2.24) is 10.6 Å². The normalized spacial score (nSPS) is 16.0. The third kappa shape index (κ3) is 5.23. The molecule has 28 heavy (non-hydrogen) atoms. The quantitative estimate of drug-likeness (QED) is 0.575. The molecule has 9 heteroatoms. The largest absolute Gasteiger partial charge is 0.351 e. The Kier molecular flexibility index (Phi) is 6.52. The average molecular weight is 421 g/mol. The first-order valence-electron chi connectivity index (χ1n) is 8.61. The molecule has 1 aliphatic rings. The number of piperidine rings is 1. The van der Waals surface area contributed by atoms with Crippen LogP contribution in [-0.2, 0) is 0 Å². The van der Waals surface area contributed by atoms with Gasteiger partial charge in [0.25, 0.3) is 5.91 Å².